The van der Waals surface area contributed by atoms with E-state index in [1.165, 1.54) is 11.1 Å². The first kappa shape index (κ1) is 15.6. The molecule has 0 saturated carbocycles. The van der Waals surface area contributed by atoms with E-state index in [9.17, 15) is 4.79 Å². The van der Waals surface area contributed by atoms with E-state index < -0.39 is 0 Å². The maximum Gasteiger partial charge on any atom is 0.289 e. The Bertz CT molecular complexity index is 692. The first-order valence-electron chi connectivity index (χ1n) is 7.74. The summed E-state index contributed by atoms with van der Waals surface area (Å²) >= 11 is 0. The molecule has 0 atom stereocenters. The van der Waals surface area contributed by atoms with Crippen molar-refractivity contribution in [3.05, 3.63) is 53.0 Å². The van der Waals surface area contributed by atoms with Crippen LogP contribution in [0.25, 0.3) is 0 Å². The first-order valence-corrected chi connectivity index (χ1v) is 7.74. The van der Waals surface area contributed by atoms with Crippen LogP contribution in [0, 0.1) is 0 Å². The van der Waals surface area contributed by atoms with E-state index in [2.05, 4.69) is 12.1 Å². The van der Waals surface area contributed by atoms with Crippen molar-refractivity contribution < 1.29 is 18.7 Å². The molecule has 0 spiro atoms. The van der Waals surface area contributed by atoms with E-state index in [1.807, 2.05) is 11.0 Å². The first-order chi connectivity index (χ1) is 11.2. The molecular weight excluding hydrogens is 294 g/mol. The molecule has 5 nitrogen and oxygen atoms in total. The largest absolute Gasteiger partial charge is 0.497 e. The van der Waals surface area contributed by atoms with Crippen LogP contribution < -0.4 is 4.74 Å². The molecular formula is C18H21NO4. The van der Waals surface area contributed by atoms with Crippen molar-refractivity contribution in [3.63, 3.8) is 0 Å². The molecule has 1 aliphatic rings. The number of ether oxygens (including phenoxy) is 2. The fourth-order valence-corrected chi connectivity index (χ4v) is 2.90. The zero-order valence-electron chi connectivity index (χ0n) is 13.5. The highest BCUT2D eigenvalue weighted by atomic mass is 16.5. The number of hydrogen-bond donors (Lipinski definition) is 0. The highest BCUT2D eigenvalue weighted by Gasteiger charge is 2.22. The Morgan fingerprint density at radius 3 is 2.65 bits per heavy atom. The summed E-state index contributed by atoms with van der Waals surface area (Å²) < 4.78 is 15.9. The zero-order chi connectivity index (χ0) is 16.2. The van der Waals surface area contributed by atoms with Crippen molar-refractivity contribution >= 4 is 5.91 Å². The number of hydrogen-bond acceptors (Lipinski definition) is 4. The summed E-state index contributed by atoms with van der Waals surface area (Å²) in [5.41, 5.74) is 2.53. The van der Waals surface area contributed by atoms with Crippen LogP contribution in [0.5, 0.6) is 5.75 Å². The molecule has 5 heteroatoms. The second-order valence-electron chi connectivity index (χ2n) is 5.63. The average Bonchev–Trinajstić information content (AvgIpc) is 2.93. The van der Waals surface area contributed by atoms with Crippen molar-refractivity contribution in [1.82, 2.24) is 4.90 Å². The standard InChI is InChI=1S/C18H21NO4/c1-21-12-16-5-6-17(23-16)18(20)19-9-7-13-3-4-15(22-2)11-14(13)8-10-19/h3-6,11H,7-10,12H2,1-2H3. The molecule has 2 aromatic rings. The third kappa shape index (κ3) is 3.40. The maximum atomic E-state index is 12.6. The number of fused-ring (bicyclic) bond motifs is 1. The number of rotatable bonds is 4. The number of carbonyl (C=O) groups is 1. The van der Waals surface area contributed by atoms with E-state index >= 15 is 0 Å². The lowest BCUT2D eigenvalue weighted by Gasteiger charge is -2.18. The fraction of sp³-hybridized carbons (Fsp3) is 0.389. The van der Waals surface area contributed by atoms with Gasteiger partial charge in [0.2, 0.25) is 0 Å². The number of carbonyl (C=O) groups excluding carboxylic acids is 1. The summed E-state index contributed by atoms with van der Waals surface area (Å²) in [4.78, 5) is 14.5. The van der Waals surface area contributed by atoms with Crippen molar-refractivity contribution in [2.45, 2.75) is 19.4 Å². The molecule has 0 bridgehead atoms. The van der Waals surface area contributed by atoms with Crippen LogP contribution in [0.4, 0.5) is 0 Å². The molecule has 122 valence electrons. The number of amides is 1. The SMILES string of the molecule is COCc1ccc(C(=O)N2CCc3ccc(OC)cc3CC2)o1. The van der Waals surface area contributed by atoms with Crippen LogP contribution in [0.2, 0.25) is 0 Å². The topological polar surface area (TPSA) is 51.9 Å². The minimum Gasteiger partial charge on any atom is -0.497 e. The molecule has 1 aromatic heterocycles. The molecule has 1 aliphatic heterocycles. The molecule has 3 rings (SSSR count). The van der Waals surface area contributed by atoms with Gasteiger partial charge in [0.1, 0.15) is 18.1 Å². The van der Waals surface area contributed by atoms with Crippen LogP contribution in [-0.4, -0.2) is 38.1 Å². The highest BCUT2D eigenvalue weighted by Crippen LogP contribution is 2.22. The lowest BCUT2D eigenvalue weighted by Crippen LogP contribution is -2.33. The predicted molar refractivity (Wildman–Crippen MR) is 85.7 cm³/mol. The predicted octanol–water partition coefficient (Wildman–Crippen LogP) is 2.68. The smallest absolute Gasteiger partial charge is 0.289 e. The second-order valence-corrected chi connectivity index (χ2v) is 5.63. The second kappa shape index (κ2) is 6.87. The van der Waals surface area contributed by atoms with Gasteiger partial charge in [-0.25, -0.2) is 0 Å². The van der Waals surface area contributed by atoms with E-state index in [-0.39, 0.29) is 5.91 Å². The molecule has 0 N–H and O–H groups in total. The average molecular weight is 315 g/mol. The van der Waals surface area contributed by atoms with Gasteiger partial charge < -0.3 is 18.8 Å². The summed E-state index contributed by atoms with van der Waals surface area (Å²) in [5.74, 6) is 1.84. The number of furan rings is 1. The highest BCUT2D eigenvalue weighted by molar-refractivity contribution is 5.91. The van der Waals surface area contributed by atoms with Gasteiger partial charge in [-0.1, -0.05) is 6.07 Å². The lowest BCUT2D eigenvalue weighted by atomic mass is 10.0. The summed E-state index contributed by atoms with van der Waals surface area (Å²) in [5, 5.41) is 0. The van der Waals surface area contributed by atoms with Crippen LogP contribution >= 0.6 is 0 Å². The molecule has 0 radical (unpaired) electrons. The summed E-state index contributed by atoms with van der Waals surface area (Å²) in [7, 11) is 3.27. The third-order valence-corrected chi connectivity index (χ3v) is 4.16. The van der Waals surface area contributed by atoms with Gasteiger partial charge >= 0.3 is 0 Å². The molecule has 0 saturated heterocycles. The molecule has 2 heterocycles. The molecule has 0 aliphatic carbocycles. The Morgan fingerprint density at radius 2 is 1.91 bits per heavy atom. The van der Waals surface area contributed by atoms with Crippen LogP contribution in [-0.2, 0) is 24.2 Å². The Kier molecular flexibility index (Phi) is 4.67. The maximum absolute atomic E-state index is 12.6. The van der Waals surface area contributed by atoms with Crippen molar-refractivity contribution in [3.8, 4) is 5.75 Å². The number of benzene rings is 1. The van der Waals surface area contributed by atoms with Crippen molar-refractivity contribution in [2.24, 2.45) is 0 Å². The fourth-order valence-electron chi connectivity index (χ4n) is 2.90. The molecule has 23 heavy (non-hydrogen) atoms. The normalized spacial score (nSPS) is 14.3. The van der Waals surface area contributed by atoms with Gasteiger partial charge in [-0.2, -0.15) is 0 Å². The Balaban J connectivity index is 1.71. The van der Waals surface area contributed by atoms with Gasteiger partial charge in [-0.05, 0) is 48.2 Å². The van der Waals surface area contributed by atoms with Crippen LogP contribution in [0.15, 0.2) is 34.7 Å². The molecule has 1 aromatic carbocycles. The number of methoxy groups -OCH3 is 2. The van der Waals surface area contributed by atoms with E-state index in [1.54, 1.807) is 26.4 Å². The molecule has 0 fully saturated rings. The monoisotopic (exact) mass is 315 g/mol. The van der Waals surface area contributed by atoms with Gasteiger partial charge in [0, 0.05) is 20.2 Å². The van der Waals surface area contributed by atoms with Crippen molar-refractivity contribution in [2.75, 3.05) is 27.3 Å². The quantitative estimate of drug-likeness (QED) is 0.870. The summed E-state index contributed by atoms with van der Waals surface area (Å²) in [6, 6.07) is 9.63. The van der Waals surface area contributed by atoms with Crippen molar-refractivity contribution in [1.29, 1.82) is 0 Å². The van der Waals surface area contributed by atoms with Gasteiger partial charge in [-0.3, -0.25) is 4.79 Å². The summed E-state index contributed by atoms with van der Waals surface area (Å²) in [6.45, 7) is 1.75. The molecule has 0 unspecified atom stereocenters. The van der Waals surface area contributed by atoms with Gasteiger partial charge in [-0.15, -0.1) is 0 Å². The zero-order valence-corrected chi connectivity index (χ0v) is 13.5. The van der Waals surface area contributed by atoms with Gasteiger partial charge in [0.25, 0.3) is 5.91 Å². The third-order valence-electron chi connectivity index (χ3n) is 4.16. The van der Waals surface area contributed by atoms with E-state index in [0.717, 1.165) is 18.6 Å². The number of nitrogens with zero attached hydrogens (tertiary/aromatic N) is 1. The van der Waals surface area contributed by atoms with Gasteiger partial charge in [0.05, 0.1) is 7.11 Å². The Labute approximate surface area is 135 Å². The van der Waals surface area contributed by atoms with Crippen LogP contribution in [0.3, 0.4) is 0 Å². The molecule has 1 amide bonds. The Morgan fingerprint density at radius 1 is 1.13 bits per heavy atom. The van der Waals surface area contributed by atoms with E-state index in [0.29, 0.717) is 31.2 Å². The lowest BCUT2D eigenvalue weighted by molar-refractivity contribution is 0.0723. The minimum atomic E-state index is -0.0628. The van der Waals surface area contributed by atoms with E-state index in [4.69, 9.17) is 13.9 Å². The van der Waals surface area contributed by atoms with Gasteiger partial charge in [0.15, 0.2) is 5.76 Å². The van der Waals surface area contributed by atoms with Crippen LogP contribution in [0.1, 0.15) is 27.4 Å². The Hall–Kier alpha value is -2.27. The minimum absolute atomic E-state index is 0.0628. The summed E-state index contributed by atoms with van der Waals surface area (Å²) in [6.07, 6.45) is 1.67.